The molecule has 2 aliphatic heterocycles. The Bertz CT molecular complexity index is 535. The van der Waals surface area contributed by atoms with E-state index < -0.39 is 0 Å². The molecule has 2 aliphatic rings. The Morgan fingerprint density at radius 3 is 2.76 bits per heavy atom. The summed E-state index contributed by atoms with van der Waals surface area (Å²) in [4.78, 5) is 12.8. The maximum Gasteiger partial charge on any atom is 0.167 e. The summed E-state index contributed by atoms with van der Waals surface area (Å²) >= 11 is 9.59. The Morgan fingerprint density at radius 2 is 2.05 bits per heavy atom. The van der Waals surface area contributed by atoms with Gasteiger partial charge in [0.1, 0.15) is 0 Å². The zero-order chi connectivity index (χ0) is 14.9. The zero-order valence-corrected chi connectivity index (χ0v) is 14.1. The second-order valence-electron chi connectivity index (χ2n) is 5.82. The number of benzene rings is 1. The van der Waals surface area contributed by atoms with E-state index in [1.54, 1.807) is 12.1 Å². The van der Waals surface area contributed by atoms with Crippen molar-refractivity contribution in [3.8, 4) is 0 Å². The van der Waals surface area contributed by atoms with Crippen molar-refractivity contribution in [1.82, 2.24) is 0 Å². The third kappa shape index (κ3) is 3.34. The van der Waals surface area contributed by atoms with Crippen LogP contribution < -0.4 is 0 Å². The number of rotatable bonds is 2. The standard InChI is InChI=1S/C16H18BrClO3/c17-12-1-2-13(14(18)9-12)15(19)11-3-6-21-16(10-11)4-7-20-8-5-16/h1-2,9,11H,3-8,10H2. The molecule has 0 radical (unpaired) electrons. The van der Waals surface area contributed by atoms with Gasteiger partial charge in [0, 0.05) is 35.8 Å². The Morgan fingerprint density at radius 1 is 1.29 bits per heavy atom. The summed E-state index contributed by atoms with van der Waals surface area (Å²) in [6.07, 6.45) is 3.31. The first-order chi connectivity index (χ1) is 10.1. The van der Waals surface area contributed by atoms with E-state index in [0.717, 1.165) is 43.4 Å². The van der Waals surface area contributed by atoms with Crippen molar-refractivity contribution < 1.29 is 14.3 Å². The highest BCUT2D eigenvalue weighted by atomic mass is 79.9. The van der Waals surface area contributed by atoms with Crippen molar-refractivity contribution in [3.05, 3.63) is 33.3 Å². The minimum Gasteiger partial charge on any atom is -0.381 e. The van der Waals surface area contributed by atoms with E-state index in [9.17, 15) is 4.79 Å². The molecule has 2 saturated heterocycles. The van der Waals surface area contributed by atoms with Gasteiger partial charge in [-0.05, 0) is 43.9 Å². The van der Waals surface area contributed by atoms with Crippen LogP contribution in [0, 0.1) is 5.92 Å². The Balaban J connectivity index is 1.77. The van der Waals surface area contributed by atoms with E-state index in [0.29, 0.717) is 17.2 Å². The van der Waals surface area contributed by atoms with Crippen LogP contribution in [-0.4, -0.2) is 31.2 Å². The lowest BCUT2D eigenvalue weighted by Gasteiger charge is -2.43. The van der Waals surface area contributed by atoms with Crippen molar-refractivity contribution in [3.63, 3.8) is 0 Å². The largest absolute Gasteiger partial charge is 0.381 e. The number of carbonyl (C=O) groups excluding carboxylic acids is 1. The molecule has 1 atom stereocenters. The van der Waals surface area contributed by atoms with Crippen LogP contribution in [0.2, 0.25) is 5.02 Å². The average molecular weight is 374 g/mol. The number of ether oxygens (including phenoxy) is 2. The van der Waals surface area contributed by atoms with Gasteiger partial charge in [-0.1, -0.05) is 27.5 Å². The Kier molecular flexibility index (Phi) is 4.69. The molecule has 0 amide bonds. The van der Waals surface area contributed by atoms with Crippen LogP contribution in [0.4, 0.5) is 0 Å². The second-order valence-corrected chi connectivity index (χ2v) is 7.14. The summed E-state index contributed by atoms with van der Waals surface area (Å²) in [5.41, 5.74) is 0.451. The summed E-state index contributed by atoms with van der Waals surface area (Å²) in [5.74, 6) is 0.136. The molecule has 0 bridgehead atoms. The number of ketones is 1. The third-order valence-electron chi connectivity index (χ3n) is 4.46. The highest BCUT2D eigenvalue weighted by Crippen LogP contribution is 2.39. The van der Waals surface area contributed by atoms with Crippen LogP contribution in [0.15, 0.2) is 22.7 Å². The summed E-state index contributed by atoms with van der Waals surface area (Å²) < 4.78 is 12.3. The van der Waals surface area contributed by atoms with E-state index in [1.807, 2.05) is 6.07 Å². The van der Waals surface area contributed by atoms with Gasteiger partial charge in [0.15, 0.2) is 5.78 Å². The van der Waals surface area contributed by atoms with Crippen molar-refractivity contribution in [2.45, 2.75) is 31.3 Å². The van der Waals surface area contributed by atoms with Crippen LogP contribution >= 0.6 is 27.5 Å². The SMILES string of the molecule is O=C(c1ccc(Br)cc1Cl)C1CCOC2(CCOCC2)C1. The maximum absolute atomic E-state index is 12.8. The molecule has 2 fully saturated rings. The van der Waals surface area contributed by atoms with Crippen LogP contribution in [0.3, 0.4) is 0 Å². The number of hydrogen-bond donors (Lipinski definition) is 0. The lowest BCUT2D eigenvalue weighted by molar-refractivity contribution is -0.142. The summed E-state index contributed by atoms with van der Waals surface area (Å²) in [5, 5.41) is 0.516. The summed E-state index contributed by atoms with van der Waals surface area (Å²) in [7, 11) is 0. The summed E-state index contributed by atoms with van der Waals surface area (Å²) in [6, 6.07) is 5.45. The van der Waals surface area contributed by atoms with E-state index in [1.165, 1.54) is 0 Å². The quantitative estimate of drug-likeness (QED) is 0.727. The van der Waals surface area contributed by atoms with Gasteiger partial charge in [0.2, 0.25) is 0 Å². The number of hydrogen-bond acceptors (Lipinski definition) is 3. The average Bonchev–Trinajstić information content (AvgIpc) is 2.47. The van der Waals surface area contributed by atoms with Gasteiger partial charge in [-0.15, -0.1) is 0 Å². The smallest absolute Gasteiger partial charge is 0.167 e. The molecule has 21 heavy (non-hydrogen) atoms. The third-order valence-corrected chi connectivity index (χ3v) is 5.27. The van der Waals surface area contributed by atoms with Crippen molar-refractivity contribution in [2.24, 2.45) is 5.92 Å². The predicted molar refractivity (Wildman–Crippen MR) is 84.9 cm³/mol. The maximum atomic E-state index is 12.8. The number of carbonyl (C=O) groups is 1. The normalized spacial score (nSPS) is 25.0. The summed E-state index contributed by atoms with van der Waals surface area (Å²) in [6.45, 7) is 2.09. The monoisotopic (exact) mass is 372 g/mol. The fraction of sp³-hybridized carbons (Fsp3) is 0.562. The number of Topliss-reactive ketones (excluding diaryl/α,β-unsaturated/α-hetero) is 1. The fourth-order valence-electron chi connectivity index (χ4n) is 3.25. The molecule has 0 aliphatic carbocycles. The molecule has 0 N–H and O–H groups in total. The molecule has 1 unspecified atom stereocenters. The molecule has 1 spiro atoms. The first kappa shape index (κ1) is 15.5. The van der Waals surface area contributed by atoms with Crippen LogP contribution in [-0.2, 0) is 9.47 Å². The predicted octanol–water partition coefficient (Wildman–Crippen LogP) is 4.26. The molecular formula is C16H18BrClO3. The Labute approximate surface area is 138 Å². The highest BCUT2D eigenvalue weighted by molar-refractivity contribution is 9.10. The van der Waals surface area contributed by atoms with Crippen molar-refractivity contribution in [2.75, 3.05) is 19.8 Å². The van der Waals surface area contributed by atoms with Gasteiger partial charge in [0.25, 0.3) is 0 Å². The van der Waals surface area contributed by atoms with Gasteiger partial charge >= 0.3 is 0 Å². The van der Waals surface area contributed by atoms with E-state index in [4.69, 9.17) is 21.1 Å². The lowest BCUT2D eigenvalue weighted by Crippen LogP contribution is -2.45. The molecule has 2 heterocycles. The molecule has 3 nitrogen and oxygen atoms in total. The number of halogens is 2. The van der Waals surface area contributed by atoms with E-state index in [-0.39, 0.29) is 17.3 Å². The second kappa shape index (κ2) is 6.37. The first-order valence-electron chi connectivity index (χ1n) is 7.31. The van der Waals surface area contributed by atoms with E-state index in [2.05, 4.69) is 15.9 Å². The molecule has 3 rings (SSSR count). The topological polar surface area (TPSA) is 35.5 Å². The lowest BCUT2D eigenvalue weighted by atomic mass is 9.78. The molecular weight excluding hydrogens is 356 g/mol. The van der Waals surface area contributed by atoms with Crippen molar-refractivity contribution in [1.29, 1.82) is 0 Å². The Hall–Kier alpha value is -0.420. The zero-order valence-electron chi connectivity index (χ0n) is 11.7. The van der Waals surface area contributed by atoms with Crippen LogP contribution in [0.25, 0.3) is 0 Å². The minimum absolute atomic E-state index is 0.00414. The van der Waals surface area contributed by atoms with Gasteiger partial charge in [-0.25, -0.2) is 0 Å². The van der Waals surface area contributed by atoms with Gasteiger partial charge in [-0.2, -0.15) is 0 Å². The van der Waals surface area contributed by atoms with Crippen LogP contribution in [0.5, 0.6) is 0 Å². The first-order valence-corrected chi connectivity index (χ1v) is 8.48. The van der Waals surface area contributed by atoms with E-state index >= 15 is 0 Å². The van der Waals surface area contributed by atoms with Crippen molar-refractivity contribution >= 4 is 33.3 Å². The van der Waals surface area contributed by atoms with Crippen LogP contribution in [0.1, 0.15) is 36.0 Å². The fourth-order valence-corrected chi connectivity index (χ4v) is 4.02. The highest BCUT2D eigenvalue weighted by Gasteiger charge is 2.41. The molecule has 1 aromatic rings. The molecule has 1 aromatic carbocycles. The van der Waals surface area contributed by atoms with Gasteiger partial charge in [0.05, 0.1) is 10.6 Å². The molecule has 0 aromatic heterocycles. The van der Waals surface area contributed by atoms with Gasteiger partial charge < -0.3 is 9.47 Å². The molecule has 114 valence electrons. The molecule has 0 saturated carbocycles. The molecule has 5 heteroatoms. The van der Waals surface area contributed by atoms with Gasteiger partial charge in [-0.3, -0.25) is 4.79 Å². The minimum atomic E-state index is -0.168.